The van der Waals surface area contributed by atoms with Crippen molar-refractivity contribution in [1.29, 1.82) is 0 Å². The Balaban J connectivity index is 1.42. The summed E-state index contributed by atoms with van der Waals surface area (Å²) >= 11 is 0. The molecule has 6 nitrogen and oxygen atoms in total. The van der Waals surface area contributed by atoms with Crippen molar-refractivity contribution < 1.29 is 17.9 Å². The highest BCUT2D eigenvalue weighted by atomic mass is 32.2. The molecule has 0 saturated heterocycles. The van der Waals surface area contributed by atoms with Gasteiger partial charge in [-0.05, 0) is 35.2 Å². The van der Waals surface area contributed by atoms with Crippen molar-refractivity contribution >= 4 is 21.6 Å². The molecule has 1 amide bonds. The van der Waals surface area contributed by atoms with E-state index in [-0.39, 0.29) is 18.2 Å². The number of ether oxygens (including phenoxy) is 1. The highest BCUT2D eigenvalue weighted by Gasteiger charge is 2.38. The number of nitrogens with zero attached hydrogens (tertiary/aromatic N) is 2. The van der Waals surface area contributed by atoms with Gasteiger partial charge in [-0.15, -0.1) is 0 Å². The average Bonchev–Trinajstić information content (AvgIpc) is 2.83. The summed E-state index contributed by atoms with van der Waals surface area (Å²) in [4.78, 5) is 15.1. The fourth-order valence-electron chi connectivity index (χ4n) is 4.34. The van der Waals surface area contributed by atoms with Crippen LogP contribution in [0.2, 0.25) is 0 Å². The zero-order valence-corrected chi connectivity index (χ0v) is 18.4. The van der Waals surface area contributed by atoms with Crippen LogP contribution in [0.3, 0.4) is 0 Å². The second-order valence-corrected chi connectivity index (χ2v) is 10.0. The molecule has 0 bridgehead atoms. The Morgan fingerprint density at radius 2 is 1.59 bits per heavy atom. The molecule has 2 aliphatic rings. The molecule has 0 fully saturated rings. The largest absolute Gasteiger partial charge is 0.476 e. The van der Waals surface area contributed by atoms with Crippen molar-refractivity contribution in [2.45, 2.75) is 24.8 Å². The summed E-state index contributed by atoms with van der Waals surface area (Å²) in [5, 5.41) is 0. The Bertz CT molecular complexity index is 1240. The van der Waals surface area contributed by atoms with Crippen molar-refractivity contribution in [1.82, 2.24) is 4.90 Å². The lowest BCUT2D eigenvalue weighted by atomic mass is 9.99. The number of amides is 1. The first-order valence-electron chi connectivity index (χ1n) is 10.7. The van der Waals surface area contributed by atoms with Gasteiger partial charge in [0.25, 0.3) is 5.91 Å². The molecule has 2 heterocycles. The Kier molecular flexibility index (Phi) is 5.35. The number of carbonyl (C=O) groups excluding carboxylic acids is 1. The van der Waals surface area contributed by atoms with E-state index in [0.29, 0.717) is 30.1 Å². The lowest BCUT2D eigenvalue weighted by molar-refractivity contribution is -0.139. The summed E-state index contributed by atoms with van der Waals surface area (Å²) in [5.41, 5.74) is 3.54. The predicted octanol–water partition coefficient (Wildman–Crippen LogP) is 3.37. The summed E-state index contributed by atoms with van der Waals surface area (Å²) in [5.74, 6) is 0.0836. The zero-order chi connectivity index (χ0) is 22.1. The van der Waals surface area contributed by atoms with E-state index in [1.54, 1.807) is 41.3 Å². The second-order valence-electron chi connectivity index (χ2n) is 8.13. The monoisotopic (exact) mass is 448 g/mol. The van der Waals surface area contributed by atoms with Crippen LogP contribution in [0.1, 0.15) is 16.7 Å². The van der Waals surface area contributed by atoms with Crippen LogP contribution < -0.4 is 9.04 Å². The van der Waals surface area contributed by atoms with Crippen molar-refractivity contribution in [2.24, 2.45) is 0 Å². The van der Waals surface area contributed by atoms with Gasteiger partial charge in [0.05, 0.1) is 18.0 Å². The molecule has 3 aromatic carbocycles. The van der Waals surface area contributed by atoms with Gasteiger partial charge in [0.1, 0.15) is 5.75 Å². The summed E-state index contributed by atoms with van der Waals surface area (Å²) in [6, 6.07) is 24.1. The molecule has 32 heavy (non-hydrogen) atoms. The Labute approximate surface area is 188 Å². The minimum Gasteiger partial charge on any atom is -0.476 e. The summed E-state index contributed by atoms with van der Waals surface area (Å²) in [7, 11) is -3.71. The molecule has 7 heteroatoms. The fraction of sp³-hybridized carbons (Fsp3) is 0.240. The van der Waals surface area contributed by atoms with Crippen LogP contribution in [0.5, 0.6) is 5.75 Å². The quantitative estimate of drug-likeness (QED) is 0.614. The van der Waals surface area contributed by atoms with Gasteiger partial charge in [-0.3, -0.25) is 9.10 Å². The third-order valence-corrected chi connectivity index (χ3v) is 7.70. The van der Waals surface area contributed by atoms with Gasteiger partial charge in [0.2, 0.25) is 10.0 Å². The van der Waals surface area contributed by atoms with E-state index in [1.165, 1.54) is 9.87 Å². The summed E-state index contributed by atoms with van der Waals surface area (Å²) in [6.07, 6.45) is -0.109. The highest BCUT2D eigenvalue weighted by molar-refractivity contribution is 7.92. The third kappa shape index (κ3) is 3.96. The Morgan fingerprint density at radius 3 is 2.41 bits per heavy atom. The third-order valence-electron chi connectivity index (χ3n) is 5.98. The van der Waals surface area contributed by atoms with Crippen molar-refractivity contribution in [3.8, 4) is 5.75 Å². The molecule has 164 valence electrons. The van der Waals surface area contributed by atoms with Gasteiger partial charge in [-0.1, -0.05) is 66.7 Å². The molecule has 0 unspecified atom stereocenters. The van der Waals surface area contributed by atoms with Crippen molar-refractivity contribution in [2.75, 3.05) is 17.4 Å². The topological polar surface area (TPSA) is 66.9 Å². The molecule has 0 N–H and O–H groups in total. The molecule has 1 atom stereocenters. The normalized spacial score (nSPS) is 17.8. The molecular weight excluding hydrogens is 424 g/mol. The second kappa shape index (κ2) is 8.31. The van der Waals surface area contributed by atoms with Gasteiger partial charge in [-0.25, -0.2) is 8.42 Å². The van der Waals surface area contributed by atoms with Crippen LogP contribution >= 0.6 is 0 Å². The first-order chi connectivity index (χ1) is 15.5. The SMILES string of the molecule is O=C([C@@H]1CN(S(=O)(=O)Cc2ccccc2)c2ccccc2O1)N1CCc2ccccc2C1. The lowest BCUT2D eigenvalue weighted by Gasteiger charge is -2.38. The zero-order valence-electron chi connectivity index (χ0n) is 17.6. The fourth-order valence-corrected chi connectivity index (χ4v) is 5.93. The van der Waals surface area contributed by atoms with Crippen molar-refractivity contribution in [3.63, 3.8) is 0 Å². The Hall–Kier alpha value is -3.32. The number of carbonyl (C=O) groups is 1. The standard InChI is InChI=1S/C25H24N2O4S/c28-25(26-15-14-20-10-4-5-11-21(20)16-26)24-17-27(22-12-6-7-13-23(22)31-24)32(29,30)18-19-8-2-1-3-9-19/h1-13,24H,14-18H2/t24-/m0/s1. The van der Waals surface area contributed by atoms with Crippen LogP contribution in [-0.4, -0.2) is 38.4 Å². The summed E-state index contributed by atoms with van der Waals surface area (Å²) < 4.78 is 34.1. The number of para-hydroxylation sites is 2. The first kappa shape index (κ1) is 20.6. The maximum absolute atomic E-state index is 13.4. The average molecular weight is 449 g/mol. The minimum absolute atomic E-state index is 0.0385. The van der Waals surface area contributed by atoms with E-state index < -0.39 is 16.1 Å². The first-order valence-corrected chi connectivity index (χ1v) is 12.3. The molecular formula is C25H24N2O4S. The number of hydrogen-bond acceptors (Lipinski definition) is 4. The minimum atomic E-state index is -3.71. The number of rotatable bonds is 4. The van der Waals surface area contributed by atoms with Gasteiger partial charge < -0.3 is 9.64 Å². The number of benzene rings is 3. The summed E-state index contributed by atoms with van der Waals surface area (Å²) in [6.45, 7) is 1.06. The van der Waals surface area contributed by atoms with E-state index >= 15 is 0 Å². The maximum Gasteiger partial charge on any atom is 0.265 e. The van der Waals surface area contributed by atoms with Crippen LogP contribution in [-0.2, 0) is 33.5 Å². The van der Waals surface area contributed by atoms with Crippen molar-refractivity contribution in [3.05, 3.63) is 95.6 Å². The van der Waals surface area contributed by atoms with Gasteiger partial charge in [0.15, 0.2) is 6.10 Å². The van der Waals surface area contributed by atoms with Crippen LogP contribution in [0.25, 0.3) is 0 Å². The lowest BCUT2D eigenvalue weighted by Crippen LogP contribution is -2.52. The molecule has 2 aliphatic heterocycles. The van der Waals surface area contributed by atoms with Gasteiger partial charge in [-0.2, -0.15) is 0 Å². The molecule has 0 aliphatic carbocycles. The Morgan fingerprint density at radius 1 is 0.906 bits per heavy atom. The van der Waals surface area contributed by atoms with Crippen LogP contribution in [0, 0.1) is 0 Å². The molecule has 5 rings (SSSR count). The van der Waals surface area contributed by atoms with E-state index in [0.717, 1.165) is 12.0 Å². The molecule has 3 aromatic rings. The van der Waals surface area contributed by atoms with Gasteiger partial charge in [0, 0.05) is 13.1 Å². The van der Waals surface area contributed by atoms with E-state index in [1.807, 2.05) is 36.4 Å². The number of fused-ring (bicyclic) bond motifs is 2. The van der Waals surface area contributed by atoms with E-state index in [2.05, 4.69) is 6.07 Å². The van der Waals surface area contributed by atoms with E-state index in [9.17, 15) is 13.2 Å². The van der Waals surface area contributed by atoms with Crippen LogP contribution in [0.15, 0.2) is 78.9 Å². The smallest absolute Gasteiger partial charge is 0.265 e. The van der Waals surface area contributed by atoms with E-state index in [4.69, 9.17) is 4.74 Å². The molecule has 0 aromatic heterocycles. The number of anilines is 1. The highest BCUT2D eigenvalue weighted by Crippen LogP contribution is 2.36. The molecule has 0 radical (unpaired) electrons. The van der Waals surface area contributed by atoms with Crippen LogP contribution in [0.4, 0.5) is 5.69 Å². The molecule has 0 spiro atoms. The number of sulfonamides is 1. The number of hydrogen-bond donors (Lipinski definition) is 0. The van der Waals surface area contributed by atoms with Gasteiger partial charge >= 0.3 is 0 Å². The predicted molar refractivity (Wildman–Crippen MR) is 123 cm³/mol. The maximum atomic E-state index is 13.4. The molecule has 0 saturated carbocycles.